The van der Waals surface area contributed by atoms with Crippen molar-refractivity contribution >= 4 is 0 Å². The molecule has 3 rings (SSSR count). The molecule has 1 aromatic heterocycles. The summed E-state index contributed by atoms with van der Waals surface area (Å²) in [5.74, 6) is 0. The minimum absolute atomic E-state index is 0.139. The van der Waals surface area contributed by atoms with Gasteiger partial charge in [0.05, 0.1) is 18.8 Å². The lowest BCUT2D eigenvalue weighted by Crippen LogP contribution is -2.26. The van der Waals surface area contributed by atoms with Crippen LogP contribution in [0, 0.1) is 13.8 Å². The van der Waals surface area contributed by atoms with Crippen LogP contribution in [0.25, 0.3) is 0 Å². The number of aromatic nitrogens is 2. The van der Waals surface area contributed by atoms with E-state index in [1.54, 1.807) is 0 Å². The van der Waals surface area contributed by atoms with Gasteiger partial charge in [-0.2, -0.15) is 5.10 Å². The molecule has 1 N–H and O–H groups in total. The van der Waals surface area contributed by atoms with Gasteiger partial charge in [0.15, 0.2) is 0 Å². The third-order valence-electron chi connectivity index (χ3n) is 4.74. The molecule has 0 radical (unpaired) electrons. The van der Waals surface area contributed by atoms with Gasteiger partial charge in [-0.05, 0) is 37.8 Å². The first-order chi connectivity index (χ1) is 10.7. The van der Waals surface area contributed by atoms with Gasteiger partial charge in [-0.3, -0.25) is 9.58 Å². The number of nitrogens with zero attached hydrogens (tertiary/aromatic N) is 3. The van der Waals surface area contributed by atoms with Crippen LogP contribution < -0.4 is 0 Å². The summed E-state index contributed by atoms with van der Waals surface area (Å²) >= 11 is 0. The fraction of sp³-hybridized carbons (Fsp3) is 0.500. The Morgan fingerprint density at radius 3 is 2.32 bits per heavy atom. The molecule has 0 spiro atoms. The van der Waals surface area contributed by atoms with Crippen LogP contribution in [0.15, 0.2) is 24.3 Å². The number of rotatable bonds is 4. The first-order valence-corrected chi connectivity index (χ1v) is 8.12. The van der Waals surface area contributed by atoms with E-state index in [0.717, 1.165) is 38.2 Å². The van der Waals surface area contributed by atoms with Gasteiger partial charge in [-0.1, -0.05) is 24.3 Å². The van der Waals surface area contributed by atoms with Gasteiger partial charge in [-0.25, -0.2) is 0 Å². The van der Waals surface area contributed by atoms with Gasteiger partial charge < -0.3 is 5.11 Å². The molecule has 1 aliphatic heterocycles. The maximum atomic E-state index is 9.13. The molecule has 0 aliphatic carbocycles. The van der Waals surface area contributed by atoms with Crippen molar-refractivity contribution in [2.75, 3.05) is 19.7 Å². The first kappa shape index (κ1) is 15.3. The van der Waals surface area contributed by atoms with Crippen molar-refractivity contribution in [3.05, 3.63) is 52.3 Å². The summed E-state index contributed by atoms with van der Waals surface area (Å²) in [4.78, 5) is 2.53. The van der Waals surface area contributed by atoms with Gasteiger partial charge in [-0.15, -0.1) is 0 Å². The zero-order valence-electron chi connectivity index (χ0n) is 13.5. The fourth-order valence-electron chi connectivity index (χ4n) is 3.37. The molecule has 22 heavy (non-hydrogen) atoms. The van der Waals surface area contributed by atoms with Gasteiger partial charge in [0, 0.05) is 30.9 Å². The van der Waals surface area contributed by atoms with Crippen LogP contribution in [0.1, 0.15) is 28.1 Å². The Balaban J connectivity index is 1.72. The number of hydrogen-bond acceptors (Lipinski definition) is 3. The van der Waals surface area contributed by atoms with E-state index >= 15 is 0 Å². The average molecular weight is 299 g/mol. The minimum atomic E-state index is 0.139. The van der Waals surface area contributed by atoms with E-state index in [4.69, 9.17) is 5.11 Å². The monoisotopic (exact) mass is 299 g/mol. The summed E-state index contributed by atoms with van der Waals surface area (Å²) in [6.45, 7) is 8.05. The van der Waals surface area contributed by atoms with Crippen molar-refractivity contribution in [3.8, 4) is 0 Å². The van der Waals surface area contributed by atoms with Crippen LogP contribution in [-0.2, 0) is 25.9 Å². The fourth-order valence-corrected chi connectivity index (χ4v) is 3.37. The molecule has 2 heterocycles. The largest absolute Gasteiger partial charge is 0.394 e. The Morgan fingerprint density at radius 2 is 1.73 bits per heavy atom. The Bertz CT molecular complexity index is 621. The Hall–Kier alpha value is -1.65. The second kappa shape index (κ2) is 6.63. The molecule has 0 bridgehead atoms. The second-order valence-corrected chi connectivity index (χ2v) is 6.14. The lowest BCUT2D eigenvalue weighted by molar-refractivity contribution is 0.266. The third-order valence-corrected chi connectivity index (χ3v) is 4.74. The predicted octanol–water partition coefficient (Wildman–Crippen LogP) is 2.09. The number of aliphatic hydroxyl groups excluding tert-OH is 1. The van der Waals surface area contributed by atoms with Crippen LogP contribution in [-0.4, -0.2) is 39.5 Å². The van der Waals surface area contributed by atoms with Crippen LogP contribution in [0.2, 0.25) is 0 Å². The third kappa shape index (κ3) is 3.08. The highest BCUT2D eigenvalue weighted by atomic mass is 16.3. The van der Waals surface area contributed by atoms with Gasteiger partial charge in [0.1, 0.15) is 0 Å². The number of hydrogen-bond donors (Lipinski definition) is 1. The molecule has 1 aromatic carbocycles. The SMILES string of the molecule is Cc1nn(CCO)c(C)c1CN1CCc2ccccc2CC1. The molecule has 2 aromatic rings. The van der Waals surface area contributed by atoms with E-state index in [1.165, 1.54) is 22.4 Å². The highest BCUT2D eigenvalue weighted by Crippen LogP contribution is 2.20. The van der Waals surface area contributed by atoms with E-state index in [0.29, 0.717) is 6.54 Å². The zero-order valence-corrected chi connectivity index (χ0v) is 13.5. The lowest BCUT2D eigenvalue weighted by Gasteiger charge is -2.20. The molecule has 0 unspecified atom stereocenters. The van der Waals surface area contributed by atoms with Gasteiger partial charge in [0.2, 0.25) is 0 Å². The average Bonchev–Trinajstić information content (AvgIpc) is 2.69. The normalized spacial score (nSPS) is 15.6. The highest BCUT2D eigenvalue weighted by Gasteiger charge is 2.18. The first-order valence-electron chi connectivity index (χ1n) is 8.12. The number of aryl methyl sites for hydroxylation is 1. The van der Waals surface area contributed by atoms with Crippen molar-refractivity contribution in [3.63, 3.8) is 0 Å². The van der Waals surface area contributed by atoms with Crippen molar-refractivity contribution in [1.82, 2.24) is 14.7 Å². The maximum Gasteiger partial charge on any atom is 0.0644 e. The summed E-state index contributed by atoms with van der Waals surface area (Å²) in [7, 11) is 0. The minimum Gasteiger partial charge on any atom is -0.394 e. The van der Waals surface area contributed by atoms with Crippen molar-refractivity contribution in [2.45, 2.75) is 39.8 Å². The highest BCUT2D eigenvalue weighted by molar-refractivity contribution is 5.29. The molecular formula is C18H25N3O. The number of aliphatic hydroxyl groups is 1. The predicted molar refractivity (Wildman–Crippen MR) is 87.9 cm³/mol. The van der Waals surface area contributed by atoms with E-state index < -0.39 is 0 Å². The van der Waals surface area contributed by atoms with E-state index in [1.807, 2.05) is 4.68 Å². The van der Waals surface area contributed by atoms with E-state index in [2.05, 4.69) is 48.1 Å². The zero-order chi connectivity index (χ0) is 15.5. The Labute approximate surface area is 132 Å². The summed E-state index contributed by atoms with van der Waals surface area (Å²) in [5.41, 5.74) is 6.59. The summed E-state index contributed by atoms with van der Waals surface area (Å²) in [6.07, 6.45) is 2.25. The standard InChI is InChI=1S/C18H25N3O/c1-14-18(15(2)21(19-14)11-12-22)13-20-9-7-16-5-3-4-6-17(16)8-10-20/h3-6,22H,7-13H2,1-2H3. The van der Waals surface area contributed by atoms with Gasteiger partial charge in [0.25, 0.3) is 0 Å². The lowest BCUT2D eigenvalue weighted by atomic mass is 10.0. The van der Waals surface area contributed by atoms with Crippen LogP contribution >= 0.6 is 0 Å². The maximum absolute atomic E-state index is 9.13. The summed E-state index contributed by atoms with van der Waals surface area (Å²) < 4.78 is 1.93. The smallest absolute Gasteiger partial charge is 0.0644 e. The molecule has 0 saturated carbocycles. The molecule has 0 atom stereocenters. The molecular weight excluding hydrogens is 274 g/mol. The van der Waals surface area contributed by atoms with Crippen molar-refractivity contribution in [1.29, 1.82) is 0 Å². The van der Waals surface area contributed by atoms with Crippen molar-refractivity contribution < 1.29 is 5.11 Å². The molecule has 1 aliphatic rings. The quantitative estimate of drug-likeness (QED) is 0.940. The number of fused-ring (bicyclic) bond motifs is 1. The Morgan fingerprint density at radius 1 is 1.09 bits per heavy atom. The topological polar surface area (TPSA) is 41.3 Å². The molecule has 118 valence electrons. The molecule has 0 fully saturated rings. The number of benzene rings is 1. The van der Waals surface area contributed by atoms with Crippen molar-refractivity contribution in [2.24, 2.45) is 0 Å². The van der Waals surface area contributed by atoms with Crippen LogP contribution in [0.3, 0.4) is 0 Å². The summed E-state index contributed by atoms with van der Waals surface area (Å²) in [6, 6.07) is 8.80. The molecule has 4 nitrogen and oxygen atoms in total. The molecule has 0 saturated heterocycles. The van der Waals surface area contributed by atoms with E-state index in [9.17, 15) is 0 Å². The molecule has 4 heteroatoms. The van der Waals surface area contributed by atoms with Gasteiger partial charge >= 0.3 is 0 Å². The Kier molecular flexibility index (Phi) is 4.60. The summed E-state index contributed by atoms with van der Waals surface area (Å²) in [5, 5.41) is 13.7. The van der Waals surface area contributed by atoms with Crippen LogP contribution in [0.5, 0.6) is 0 Å². The molecule has 0 amide bonds. The van der Waals surface area contributed by atoms with Crippen LogP contribution in [0.4, 0.5) is 0 Å². The van der Waals surface area contributed by atoms with E-state index in [-0.39, 0.29) is 6.61 Å². The second-order valence-electron chi connectivity index (χ2n) is 6.14.